The Morgan fingerprint density at radius 3 is 2.24 bits per heavy atom. The third-order valence-electron chi connectivity index (χ3n) is 5.02. The Hall–Kier alpha value is -4.22. The van der Waals surface area contributed by atoms with Crippen LogP contribution >= 0.6 is 0 Å². The zero-order valence-corrected chi connectivity index (χ0v) is 17.3. The van der Waals surface area contributed by atoms with E-state index in [0.29, 0.717) is 16.1 Å². The molecule has 0 atom stereocenters. The molecule has 0 fully saturated rings. The van der Waals surface area contributed by atoms with Crippen molar-refractivity contribution in [2.75, 3.05) is 5.32 Å². The van der Waals surface area contributed by atoms with Gasteiger partial charge in [0, 0.05) is 7.05 Å². The first-order chi connectivity index (χ1) is 15.6. The van der Waals surface area contributed by atoms with Crippen LogP contribution in [0.4, 0.5) is 23.2 Å². The highest BCUT2D eigenvalue weighted by Gasteiger charge is 2.42. The number of halogens is 4. The van der Waals surface area contributed by atoms with Crippen molar-refractivity contribution >= 4 is 11.6 Å². The average molecular weight is 460 g/mol. The fourth-order valence-corrected chi connectivity index (χ4v) is 3.34. The lowest BCUT2D eigenvalue weighted by Gasteiger charge is -2.11. The minimum atomic E-state index is -5.01. The topological polar surface area (TPSA) is 86.7 Å². The van der Waals surface area contributed by atoms with Crippen molar-refractivity contribution in [3.63, 3.8) is 0 Å². The van der Waals surface area contributed by atoms with Crippen molar-refractivity contribution in [2.24, 2.45) is 7.05 Å². The second-order valence-electron chi connectivity index (χ2n) is 7.06. The van der Waals surface area contributed by atoms with E-state index in [1.807, 2.05) is 0 Å². The molecular formula is C21H16F4N6O2. The Morgan fingerprint density at radius 2 is 1.64 bits per heavy atom. The van der Waals surface area contributed by atoms with Crippen molar-refractivity contribution in [3.8, 4) is 11.4 Å². The van der Waals surface area contributed by atoms with Gasteiger partial charge in [0.15, 0.2) is 11.4 Å². The number of nitrogens with zero attached hydrogens (tertiary/aromatic N) is 5. The average Bonchev–Trinajstić information content (AvgIpc) is 3.31. The van der Waals surface area contributed by atoms with Gasteiger partial charge in [-0.15, -0.1) is 5.10 Å². The third kappa shape index (κ3) is 3.90. The number of hydrogen-bond acceptors (Lipinski definition) is 4. The van der Waals surface area contributed by atoms with E-state index in [4.69, 9.17) is 0 Å². The molecular weight excluding hydrogens is 444 g/mol. The molecule has 33 heavy (non-hydrogen) atoms. The first kappa shape index (κ1) is 22.0. The second-order valence-corrected chi connectivity index (χ2v) is 7.06. The minimum Gasteiger partial charge on any atom is -0.314 e. The predicted octanol–water partition coefficient (Wildman–Crippen LogP) is 3.48. The van der Waals surface area contributed by atoms with Crippen molar-refractivity contribution < 1.29 is 22.4 Å². The summed E-state index contributed by atoms with van der Waals surface area (Å²) in [6.07, 6.45) is -5.01. The van der Waals surface area contributed by atoms with E-state index in [2.05, 4.69) is 15.6 Å². The molecule has 0 aliphatic carbocycles. The van der Waals surface area contributed by atoms with E-state index < -0.39 is 34.8 Å². The molecule has 4 rings (SSSR count). The molecule has 0 spiro atoms. The number of para-hydroxylation sites is 1. The summed E-state index contributed by atoms with van der Waals surface area (Å²) in [5.74, 6) is -1.92. The van der Waals surface area contributed by atoms with Gasteiger partial charge in [0.2, 0.25) is 0 Å². The van der Waals surface area contributed by atoms with Gasteiger partial charge in [-0.2, -0.15) is 13.2 Å². The summed E-state index contributed by atoms with van der Waals surface area (Å²) in [4.78, 5) is 25.7. The van der Waals surface area contributed by atoms with E-state index >= 15 is 0 Å². The second kappa shape index (κ2) is 8.04. The first-order valence-corrected chi connectivity index (χ1v) is 9.54. The van der Waals surface area contributed by atoms with Crippen molar-refractivity contribution in [2.45, 2.75) is 13.1 Å². The molecule has 2 heterocycles. The molecule has 1 amide bonds. The van der Waals surface area contributed by atoms with E-state index in [0.717, 1.165) is 24.3 Å². The Kier molecular flexibility index (Phi) is 5.36. The summed E-state index contributed by atoms with van der Waals surface area (Å²) in [5, 5.41) is 9.07. The number of hydrogen-bond donors (Lipinski definition) is 1. The number of rotatable bonds is 4. The van der Waals surface area contributed by atoms with Gasteiger partial charge in [-0.1, -0.05) is 23.4 Å². The summed E-state index contributed by atoms with van der Waals surface area (Å²) in [6, 6.07) is 12.6. The van der Waals surface area contributed by atoms with Crippen LogP contribution in [0.3, 0.4) is 0 Å². The molecule has 0 aliphatic heterocycles. The van der Waals surface area contributed by atoms with Crippen LogP contribution in [0.1, 0.15) is 21.9 Å². The zero-order chi connectivity index (χ0) is 23.9. The molecule has 1 N–H and O–H groups in total. The predicted molar refractivity (Wildman–Crippen MR) is 110 cm³/mol. The molecule has 12 heteroatoms. The van der Waals surface area contributed by atoms with Crippen LogP contribution in [0.5, 0.6) is 0 Å². The summed E-state index contributed by atoms with van der Waals surface area (Å²) in [5.41, 5.74) is -2.63. The number of carbonyl (C=O) groups excluding carboxylic acids is 1. The molecule has 0 saturated carbocycles. The van der Waals surface area contributed by atoms with Gasteiger partial charge < -0.3 is 5.32 Å². The fraction of sp³-hybridized carbons (Fsp3) is 0.143. The van der Waals surface area contributed by atoms with Gasteiger partial charge >= 0.3 is 6.18 Å². The van der Waals surface area contributed by atoms with Gasteiger partial charge in [-0.3, -0.25) is 14.3 Å². The number of amides is 1. The van der Waals surface area contributed by atoms with Crippen LogP contribution in [-0.2, 0) is 13.2 Å². The summed E-state index contributed by atoms with van der Waals surface area (Å²) in [6.45, 7) is 1.54. The number of benzene rings is 2. The monoisotopic (exact) mass is 460 g/mol. The molecule has 0 saturated heterocycles. The largest absolute Gasteiger partial charge is 0.435 e. The molecule has 170 valence electrons. The van der Waals surface area contributed by atoms with Gasteiger partial charge in [0.1, 0.15) is 11.5 Å². The summed E-state index contributed by atoms with van der Waals surface area (Å²) < 4.78 is 57.8. The lowest BCUT2D eigenvalue weighted by Crippen LogP contribution is -2.25. The van der Waals surface area contributed by atoms with Crippen LogP contribution in [0.2, 0.25) is 0 Å². The van der Waals surface area contributed by atoms with E-state index in [-0.39, 0.29) is 11.4 Å². The lowest BCUT2D eigenvalue weighted by atomic mass is 10.2. The number of anilines is 1. The molecule has 0 bridgehead atoms. The standard InChI is InChI=1S/C21H16F4N6O2/c1-12-16(20(33)31(29(12)2)15-6-4-3-5-7-15)26-19(32)17-18(21(23,24)25)30(28-27-17)14-10-8-13(22)9-11-14/h3-11H,1-2H3,(H,26,32). The molecule has 0 unspecified atom stereocenters. The van der Waals surface area contributed by atoms with Crippen LogP contribution in [-0.4, -0.2) is 30.3 Å². The molecule has 2 aromatic carbocycles. The molecule has 0 aliphatic rings. The van der Waals surface area contributed by atoms with Crippen LogP contribution in [0.15, 0.2) is 59.4 Å². The van der Waals surface area contributed by atoms with Crippen LogP contribution in [0.25, 0.3) is 11.4 Å². The van der Waals surface area contributed by atoms with E-state index in [1.165, 1.54) is 16.3 Å². The van der Waals surface area contributed by atoms with Crippen LogP contribution < -0.4 is 10.9 Å². The van der Waals surface area contributed by atoms with Crippen molar-refractivity contribution in [1.82, 2.24) is 24.4 Å². The minimum absolute atomic E-state index is 0.141. The van der Waals surface area contributed by atoms with Gasteiger partial charge in [-0.05, 0) is 43.3 Å². The maximum Gasteiger partial charge on any atom is 0.435 e. The third-order valence-corrected chi connectivity index (χ3v) is 5.02. The highest BCUT2D eigenvalue weighted by molar-refractivity contribution is 6.04. The van der Waals surface area contributed by atoms with Crippen LogP contribution in [0, 0.1) is 12.7 Å². The smallest absolute Gasteiger partial charge is 0.314 e. The Bertz CT molecular complexity index is 1390. The molecule has 2 aromatic heterocycles. The van der Waals surface area contributed by atoms with Crippen molar-refractivity contribution in [1.29, 1.82) is 0 Å². The van der Waals surface area contributed by atoms with E-state index in [9.17, 15) is 27.2 Å². The number of alkyl halides is 3. The normalized spacial score (nSPS) is 11.6. The Labute approximate surface area is 183 Å². The number of aromatic nitrogens is 5. The highest BCUT2D eigenvalue weighted by atomic mass is 19.4. The van der Waals surface area contributed by atoms with Gasteiger partial charge in [0.05, 0.1) is 17.1 Å². The first-order valence-electron chi connectivity index (χ1n) is 9.54. The maximum atomic E-state index is 13.8. The lowest BCUT2D eigenvalue weighted by molar-refractivity contribution is -0.143. The number of nitrogens with one attached hydrogen (secondary N) is 1. The summed E-state index contributed by atoms with van der Waals surface area (Å²) in [7, 11) is 1.57. The van der Waals surface area contributed by atoms with E-state index in [1.54, 1.807) is 37.4 Å². The SMILES string of the molecule is Cc1c(NC(=O)c2nnn(-c3ccc(F)cc3)c2C(F)(F)F)c(=O)n(-c2ccccc2)n1C. The molecule has 8 nitrogen and oxygen atoms in total. The van der Waals surface area contributed by atoms with Gasteiger partial charge in [0.25, 0.3) is 11.5 Å². The van der Waals surface area contributed by atoms with Crippen molar-refractivity contribution in [3.05, 3.63) is 87.9 Å². The number of carbonyl (C=O) groups is 1. The highest BCUT2D eigenvalue weighted by Crippen LogP contribution is 2.33. The Balaban J connectivity index is 1.76. The summed E-state index contributed by atoms with van der Waals surface area (Å²) >= 11 is 0. The zero-order valence-electron chi connectivity index (χ0n) is 17.3. The molecule has 4 aromatic rings. The Morgan fingerprint density at radius 1 is 1.00 bits per heavy atom. The fourth-order valence-electron chi connectivity index (χ4n) is 3.34. The molecule has 0 radical (unpaired) electrons. The maximum absolute atomic E-state index is 13.8. The van der Waals surface area contributed by atoms with Gasteiger partial charge in [-0.25, -0.2) is 13.8 Å². The quantitative estimate of drug-likeness (QED) is 0.473.